The van der Waals surface area contributed by atoms with Crippen LogP contribution in [-0.2, 0) is 0 Å². The molecule has 0 heterocycles. The first-order chi connectivity index (χ1) is 18.3. The molecule has 0 spiro atoms. The lowest BCUT2D eigenvalue weighted by atomic mass is 10.1. The van der Waals surface area contributed by atoms with Crippen molar-refractivity contribution in [3.05, 3.63) is 69.8 Å². The summed E-state index contributed by atoms with van der Waals surface area (Å²) < 4.78 is 156. The summed E-state index contributed by atoms with van der Waals surface area (Å²) in [7, 11) is -2.17. The Morgan fingerprint density at radius 3 is 0.575 bits per heavy atom. The Kier molecular flexibility index (Phi) is 9.13. The van der Waals surface area contributed by atoms with E-state index < -0.39 is 122 Å². The van der Waals surface area contributed by atoms with E-state index in [9.17, 15) is 52.7 Å². The van der Waals surface area contributed by atoms with Gasteiger partial charge in [-0.3, -0.25) is 0 Å². The van der Waals surface area contributed by atoms with Crippen molar-refractivity contribution in [2.24, 2.45) is 0 Å². The molecule has 4 aromatic rings. The first-order valence-corrected chi connectivity index (χ1v) is 9.44. The number of aromatic hydroxyl groups is 4. The third-order valence-corrected chi connectivity index (χ3v) is 4.70. The van der Waals surface area contributed by atoms with Gasteiger partial charge in [0.15, 0.2) is 69.5 Å². The van der Waals surface area contributed by atoms with Gasteiger partial charge in [-0.1, -0.05) is 0 Å². The molecule has 0 fully saturated rings. The highest BCUT2D eigenvalue weighted by atomic mass is 19.2. The zero-order chi connectivity index (χ0) is 31.1. The van der Waals surface area contributed by atoms with Crippen LogP contribution in [0.4, 0.5) is 52.7 Å². The van der Waals surface area contributed by atoms with Crippen LogP contribution in [0.5, 0.6) is 23.0 Å². The van der Waals surface area contributed by atoms with Gasteiger partial charge in [-0.25, -0.2) is 35.1 Å². The maximum Gasteiger partial charge on any atom is 0.631 e. The predicted octanol–water partition coefficient (Wildman–Crippen LogP) is 4.12. The maximum absolute atomic E-state index is 13.2. The van der Waals surface area contributed by atoms with Crippen molar-refractivity contribution in [1.29, 1.82) is 0 Å². The molecule has 40 heavy (non-hydrogen) atoms. The molecular weight excluding hydrogens is 591 g/mol. The molecule has 0 aliphatic carbocycles. The molecular formula is C20H7BF12O7. The summed E-state index contributed by atoms with van der Waals surface area (Å²) in [5.74, 6) is -33.3. The zero-order valence-electron chi connectivity index (χ0n) is 18.2. The van der Waals surface area contributed by atoms with Gasteiger partial charge in [-0.15, -0.1) is 0 Å². The summed E-state index contributed by atoms with van der Waals surface area (Å²) in [6, 6.07) is 0. The Morgan fingerprint density at radius 2 is 0.425 bits per heavy atom. The SMILES string of the molecule is OB(O)O.Oc1c(F)c(F)c(F)c2c(F)c(F)c(F)c(O)c12.Oc1c(F)c(F)c(F)c2c(F)c(F)c(F)c(O)c12. The fourth-order valence-electron chi connectivity index (χ4n) is 3.01. The van der Waals surface area contributed by atoms with Crippen molar-refractivity contribution in [3.8, 4) is 23.0 Å². The topological polar surface area (TPSA) is 142 Å². The largest absolute Gasteiger partial charge is 0.631 e. The molecule has 0 aliphatic rings. The number of hydrogen-bond acceptors (Lipinski definition) is 7. The van der Waals surface area contributed by atoms with Crippen LogP contribution >= 0.6 is 0 Å². The number of phenols is 4. The fourth-order valence-corrected chi connectivity index (χ4v) is 3.01. The smallest absolute Gasteiger partial charge is 0.504 e. The number of rotatable bonds is 0. The van der Waals surface area contributed by atoms with Crippen molar-refractivity contribution < 1.29 is 88.2 Å². The molecule has 4 rings (SSSR count). The quantitative estimate of drug-likeness (QED) is 0.0918. The summed E-state index contributed by atoms with van der Waals surface area (Å²) in [6.45, 7) is 0. The molecule has 0 atom stereocenters. The van der Waals surface area contributed by atoms with E-state index in [0.717, 1.165) is 0 Å². The average Bonchev–Trinajstić information content (AvgIpc) is 2.89. The normalized spacial score (nSPS) is 10.8. The molecule has 0 unspecified atom stereocenters. The van der Waals surface area contributed by atoms with E-state index in [0.29, 0.717) is 0 Å². The Balaban J connectivity index is 0.000000247. The molecule has 0 radical (unpaired) electrons. The van der Waals surface area contributed by atoms with Crippen LogP contribution in [0.15, 0.2) is 0 Å². The highest BCUT2D eigenvalue weighted by molar-refractivity contribution is 6.30. The van der Waals surface area contributed by atoms with Crippen LogP contribution < -0.4 is 0 Å². The van der Waals surface area contributed by atoms with Crippen LogP contribution in [0.2, 0.25) is 0 Å². The summed E-state index contributed by atoms with van der Waals surface area (Å²) in [5, 5.41) is 51.9. The molecule has 0 saturated carbocycles. The van der Waals surface area contributed by atoms with Gasteiger partial charge in [-0.2, -0.15) is 17.6 Å². The van der Waals surface area contributed by atoms with Crippen molar-refractivity contribution in [2.75, 3.05) is 0 Å². The molecule has 7 N–H and O–H groups in total. The van der Waals surface area contributed by atoms with Crippen molar-refractivity contribution in [2.45, 2.75) is 0 Å². The molecule has 7 nitrogen and oxygen atoms in total. The lowest BCUT2D eigenvalue weighted by Gasteiger charge is -2.09. The van der Waals surface area contributed by atoms with E-state index in [-0.39, 0.29) is 0 Å². The van der Waals surface area contributed by atoms with E-state index in [1.807, 2.05) is 0 Å². The van der Waals surface area contributed by atoms with Crippen molar-refractivity contribution in [1.82, 2.24) is 0 Å². The van der Waals surface area contributed by atoms with Gasteiger partial charge in [0.05, 0.1) is 21.5 Å². The second kappa shape index (κ2) is 11.4. The number of phenolic OH excluding ortho intramolecular Hbond substituents is 4. The summed E-state index contributed by atoms with van der Waals surface area (Å²) in [5.41, 5.74) is 0. The molecule has 0 aliphatic heterocycles. The van der Waals surface area contributed by atoms with Crippen LogP contribution in [0.1, 0.15) is 0 Å². The molecule has 4 aromatic carbocycles. The minimum absolute atomic E-state index is 1.39. The lowest BCUT2D eigenvalue weighted by molar-refractivity contribution is 0.278. The van der Waals surface area contributed by atoms with Gasteiger partial charge >= 0.3 is 7.32 Å². The Bertz CT molecular complexity index is 1320. The molecule has 216 valence electrons. The minimum atomic E-state index is -2.27. The minimum Gasteiger partial charge on any atom is -0.504 e. The second-order valence-corrected chi connectivity index (χ2v) is 7.01. The van der Waals surface area contributed by atoms with Crippen LogP contribution in [0, 0.1) is 69.8 Å². The van der Waals surface area contributed by atoms with Gasteiger partial charge < -0.3 is 35.5 Å². The van der Waals surface area contributed by atoms with Gasteiger partial charge in [0.25, 0.3) is 0 Å². The summed E-state index contributed by atoms with van der Waals surface area (Å²) in [4.78, 5) is 0. The average molecular weight is 598 g/mol. The van der Waals surface area contributed by atoms with Crippen molar-refractivity contribution >= 4 is 28.9 Å². The number of benzene rings is 4. The highest BCUT2D eigenvalue weighted by Gasteiger charge is 2.31. The number of halogens is 12. The van der Waals surface area contributed by atoms with E-state index in [2.05, 4.69) is 0 Å². The number of hydrogen-bond donors (Lipinski definition) is 7. The van der Waals surface area contributed by atoms with Gasteiger partial charge in [-0.05, 0) is 0 Å². The molecule has 0 saturated heterocycles. The monoisotopic (exact) mass is 598 g/mol. The Labute approximate surface area is 210 Å². The number of fused-ring (bicyclic) bond motifs is 2. The summed E-state index contributed by atoms with van der Waals surface area (Å²) >= 11 is 0. The van der Waals surface area contributed by atoms with Crippen LogP contribution in [-0.4, -0.2) is 42.8 Å². The van der Waals surface area contributed by atoms with E-state index in [4.69, 9.17) is 35.5 Å². The highest BCUT2D eigenvalue weighted by Crippen LogP contribution is 2.43. The summed E-state index contributed by atoms with van der Waals surface area (Å²) in [6.07, 6.45) is 0. The van der Waals surface area contributed by atoms with Crippen LogP contribution in [0.3, 0.4) is 0 Å². The van der Waals surface area contributed by atoms with Crippen LogP contribution in [0.25, 0.3) is 21.5 Å². The molecule has 0 bridgehead atoms. The van der Waals surface area contributed by atoms with E-state index >= 15 is 0 Å². The first kappa shape index (κ1) is 31.9. The standard InChI is InChI=1S/2C10H2F6O2.BH3O3/c2*11-3-1-2(9(17)7(15)5(3)13)10(18)8(16)6(14)4(1)12;2-1(3)4/h2*17-18H;2-4H. The molecule has 0 aromatic heterocycles. The first-order valence-electron chi connectivity index (χ1n) is 9.44. The third-order valence-electron chi connectivity index (χ3n) is 4.70. The van der Waals surface area contributed by atoms with E-state index in [1.54, 1.807) is 0 Å². The van der Waals surface area contributed by atoms with E-state index in [1.165, 1.54) is 0 Å². The Morgan fingerprint density at radius 1 is 0.275 bits per heavy atom. The molecule has 20 heteroatoms. The van der Waals surface area contributed by atoms with Gasteiger partial charge in [0.1, 0.15) is 0 Å². The predicted molar refractivity (Wildman–Crippen MR) is 106 cm³/mol. The maximum atomic E-state index is 13.2. The lowest BCUT2D eigenvalue weighted by Crippen LogP contribution is -2.07. The molecule has 0 amide bonds. The van der Waals surface area contributed by atoms with Crippen molar-refractivity contribution in [3.63, 3.8) is 0 Å². The third kappa shape index (κ3) is 5.15. The van der Waals surface area contributed by atoms with Gasteiger partial charge in [0, 0.05) is 0 Å². The fraction of sp³-hybridized carbons (Fsp3) is 0. The zero-order valence-corrected chi connectivity index (χ0v) is 18.2. The van der Waals surface area contributed by atoms with Gasteiger partial charge in [0.2, 0.25) is 23.3 Å². The Hall–Kier alpha value is -4.30. The second-order valence-electron chi connectivity index (χ2n) is 7.01.